The molecule has 6 heteroatoms. The average molecular weight is 384 g/mol. The fourth-order valence-electron chi connectivity index (χ4n) is 2.51. The molecule has 2 amide bonds. The molecule has 3 N–H and O–H groups in total. The number of nitrogens with one attached hydrogen (secondary N) is 3. The Kier molecular flexibility index (Phi) is 7.95. The lowest BCUT2D eigenvalue weighted by Crippen LogP contribution is -2.33. The van der Waals surface area contributed by atoms with Crippen LogP contribution >= 0.6 is 12.2 Å². The number of thiocarbonyl (C=S) groups is 1. The van der Waals surface area contributed by atoms with E-state index in [2.05, 4.69) is 22.9 Å². The summed E-state index contributed by atoms with van der Waals surface area (Å²) in [6.45, 7) is 4.04. The van der Waals surface area contributed by atoms with Crippen LogP contribution in [0, 0.1) is 6.92 Å². The Hall–Kier alpha value is -2.73. The fourth-order valence-corrected chi connectivity index (χ4v) is 2.75. The molecule has 142 valence electrons. The maximum Gasteiger partial charge on any atom is 0.255 e. The molecule has 0 heterocycles. The second kappa shape index (κ2) is 10.4. The lowest BCUT2D eigenvalue weighted by Gasteiger charge is -2.11. The Balaban J connectivity index is 1.85. The van der Waals surface area contributed by atoms with Crippen molar-refractivity contribution in [1.29, 1.82) is 0 Å². The van der Waals surface area contributed by atoms with Crippen LogP contribution in [0.2, 0.25) is 0 Å². The van der Waals surface area contributed by atoms with Crippen molar-refractivity contribution in [3.05, 3.63) is 59.7 Å². The zero-order chi connectivity index (χ0) is 19.6. The van der Waals surface area contributed by atoms with E-state index in [0.29, 0.717) is 17.7 Å². The molecule has 0 aliphatic heterocycles. The summed E-state index contributed by atoms with van der Waals surface area (Å²) in [6, 6.07) is 14.6. The summed E-state index contributed by atoms with van der Waals surface area (Å²) in [5, 5.41) is 8.77. The third-order valence-electron chi connectivity index (χ3n) is 3.94. The number of unbranched alkanes of at least 4 members (excludes halogenated alkanes) is 2. The maximum absolute atomic E-state index is 12.3. The predicted molar refractivity (Wildman–Crippen MR) is 114 cm³/mol. The highest BCUT2D eigenvalue weighted by atomic mass is 32.1. The van der Waals surface area contributed by atoms with E-state index in [1.807, 2.05) is 25.1 Å². The Bertz CT molecular complexity index is 803. The van der Waals surface area contributed by atoms with Gasteiger partial charge in [0.05, 0.1) is 0 Å². The predicted octanol–water partition coefficient (Wildman–Crippen LogP) is 4.64. The zero-order valence-electron chi connectivity index (χ0n) is 15.7. The highest BCUT2D eigenvalue weighted by Crippen LogP contribution is 2.15. The number of hydrogen-bond acceptors (Lipinski definition) is 3. The Morgan fingerprint density at radius 3 is 2.26 bits per heavy atom. The van der Waals surface area contributed by atoms with Crippen LogP contribution < -0.4 is 16.0 Å². The van der Waals surface area contributed by atoms with E-state index in [-0.39, 0.29) is 16.9 Å². The molecule has 0 bridgehead atoms. The SMILES string of the molecule is CCCCCC(=O)NC(=S)Nc1ccc(NC(=O)c2cccc(C)c2)cc1. The van der Waals surface area contributed by atoms with E-state index < -0.39 is 0 Å². The van der Waals surface area contributed by atoms with Gasteiger partial charge in [-0.1, -0.05) is 37.5 Å². The number of amides is 2. The van der Waals surface area contributed by atoms with Gasteiger partial charge < -0.3 is 16.0 Å². The molecule has 0 atom stereocenters. The van der Waals surface area contributed by atoms with E-state index >= 15 is 0 Å². The third kappa shape index (κ3) is 7.19. The van der Waals surface area contributed by atoms with Gasteiger partial charge in [0, 0.05) is 23.4 Å². The van der Waals surface area contributed by atoms with Gasteiger partial charge in [-0.15, -0.1) is 0 Å². The summed E-state index contributed by atoms with van der Waals surface area (Å²) >= 11 is 5.16. The van der Waals surface area contributed by atoms with Gasteiger partial charge in [-0.2, -0.15) is 0 Å². The van der Waals surface area contributed by atoms with Crippen molar-refractivity contribution in [1.82, 2.24) is 5.32 Å². The Morgan fingerprint density at radius 1 is 0.963 bits per heavy atom. The van der Waals surface area contributed by atoms with Gasteiger partial charge in [0.25, 0.3) is 5.91 Å². The normalized spacial score (nSPS) is 10.1. The lowest BCUT2D eigenvalue weighted by molar-refractivity contribution is -0.119. The average Bonchev–Trinajstić information content (AvgIpc) is 2.63. The van der Waals surface area contributed by atoms with Crippen molar-refractivity contribution in [2.75, 3.05) is 10.6 Å². The molecule has 27 heavy (non-hydrogen) atoms. The topological polar surface area (TPSA) is 70.2 Å². The van der Waals surface area contributed by atoms with Crippen LogP contribution in [0.15, 0.2) is 48.5 Å². The number of aryl methyl sites for hydroxylation is 1. The largest absolute Gasteiger partial charge is 0.332 e. The molecule has 2 aromatic carbocycles. The van der Waals surface area contributed by atoms with Gasteiger partial charge in [0.2, 0.25) is 5.91 Å². The monoisotopic (exact) mass is 383 g/mol. The molecule has 2 aromatic rings. The summed E-state index contributed by atoms with van der Waals surface area (Å²) < 4.78 is 0. The van der Waals surface area contributed by atoms with Crippen molar-refractivity contribution in [2.24, 2.45) is 0 Å². The van der Waals surface area contributed by atoms with Crippen LogP contribution in [0.3, 0.4) is 0 Å². The van der Waals surface area contributed by atoms with Crippen LogP contribution in [0.25, 0.3) is 0 Å². The number of hydrogen-bond donors (Lipinski definition) is 3. The number of anilines is 2. The molecule has 0 aromatic heterocycles. The Morgan fingerprint density at radius 2 is 1.63 bits per heavy atom. The fraction of sp³-hybridized carbons (Fsp3) is 0.286. The smallest absolute Gasteiger partial charge is 0.255 e. The van der Waals surface area contributed by atoms with Crippen LogP contribution in [0.4, 0.5) is 11.4 Å². The molecule has 0 aliphatic carbocycles. The molecule has 0 fully saturated rings. The quantitative estimate of drug-likeness (QED) is 0.481. The van der Waals surface area contributed by atoms with E-state index in [9.17, 15) is 9.59 Å². The highest BCUT2D eigenvalue weighted by molar-refractivity contribution is 7.80. The summed E-state index contributed by atoms with van der Waals surface area (Å²) in [7, 11) is 0. The van der Waals surface area contributed by atoms with Crippen molar-refractivity contribution in [3.8, 4) is 0 Å². The molecule has 0 spiro atoms. The van der Waals surface area contributed by atoms with Crippen molar-refractivity contribution in [3.63, 3.8) is 0 Å². The van der Waals surface area contributed by atoms with Crippen LogP contribution in [0.1, 0.15) is 48.5 Å². The standard InChI is InChI=1S/C21H25N3O2S/c1-3-4-5-9-19(25)24-21(27)23-18-12-10-17(11-13-18)22-20(26)16-8-6-7-15(2)14-16/h6-8,10-14H,3-5,9H2,1-2H3,(H,22,26)(H2,23,24,25,27). The number of rotatable bonds is 7. The van der Waals surface area contributed by atoms with Crippen molar-refractivity contribution < 1.29 is 9.59 Å². The molecule has 0 saturated heterocycles. The molecule has 0 radical (unpaired) electrons. The van der Waals surface area contributed by atoms with E-state index in [1.54, 1.807) is 30.3 Å². The first kappa shape index (κ1) is 20.6. The number of carbonyl (C=O) groups excluding carboxylic acids is 2. The first-order valence-corrected chi connectivity index (χ1v) is 9.47. The minimum atomic E-state index is -0.158. The second-order valence-electron chi connectivity index (χ2n) is 6.36. The lowest BCUT2D eigenvalue weighted by atomic mass is 10.1. The number of carbonyl (C=O) groups is 2. The summed E-state index contributed by atoms with van der Waals surface area (Å²) in [4.78, 5) is 24.0. The van der Waals surface area contributed by atoms with Gasteiger partial charge in [-0.25, -0.2) is 0 Å². The van der Waals surface area contributed by atoms with Crippen LogP contribution in [-0.4, -0.2) is 16.9 Å². The van der Waals surface area contributed by atoms with E-state index in [0.717, 1.165) is 30.5 Å². The first-order chi connectivity index (χ1) is 13.0. The van der Waals surface area contributed by atoms with Gasteiger partial charge in [-0.3, -0.25) is 9.59 Å². The summed E-state index contributed by atoms with van der Waals surface area (Å²) in [6.07, 6.45) is 3.44. The molecule has 0 aliphatic rings. The first-order valence-electron chi connectivity index (χ1n) is 9.07. The van der Waals surface area contributed by atoms with E-state index in [1.165, 1.54) is 0 Å². The van der Waals surface area contributed by atoms with Crippen LogP contribution in [-0.2, 0) is 4.79 Å². The van der Waals surface area contributed by atoms with Crippen molar-refractivity contribution >= 4 is 40.5 Å². The molecule has 5 nitrogen and oxygen atoms in total. The van der Waals surface area contributed by atoms with Gasteiger partial charge >= 0.3 is 0 Å². The number of benzene rings is 2. The van der Waals surface area contributed by atoms with Gasteiger partial charge in [-0.05, 0) is 62.0 Å². The van der Waals surface area contributed by atoms with E-state index in [4.69, 9.17) is 12.2 Å². The zero-order valence-corrected chi connectivity index (χ0v) is 16.5. The second-order valence-corrected chi connectivity index (χ2v) is 6.77. The van der Waals surface area contributed by atoms with Crippen molar-refractivity contribution in [2.45, 2.75) is 39.5 Å². The minimum absolute atomic E-state index is 0.0806. The van der Waals surface area contributed by atoms with Crippen LogP contribution in [0.5, 0.6) is 0 Å². The summed E-state index contributed by atoms with van der Waals surface area (Å²) in [5.74, 6) is -0.239. The molecular formula is C21H25N3O2S. The molecule has 0 saturated carbocycles. The molecule has 0 unspecified atom stereocenters. The third-order valence-corrected chi connectivity index (χ3v) is 4.15. The maximum atomic E-state index is 12.3. The highest BCUT2D eigenvalue weighted by Gasteiger charge is 2.07. The Labute approximate surface area is 165 Å². The van der Waals surface area contributed by atoms with Gasteiger partial charge in [0.15, 0.2) is 5.11 Å². The summed E-state index contributed by atoms with van der Waals surface area (Å²) in [5.41, 5.74) is 3.07. The minimum Gasteiger partial charge on any atom is -0.332 e. The van der Waals surface area contributed by atoms with Gasteiger partial charge in [0.1, 0.15) is 0 Å². The molecule has 2 rings (SSSR count). The molecular weight excluding hydrogens is 358 g/mol.